The molecule has 3 aromatic rings. The van der Waals surface area contributed by atoms with E-state index < -0.39 is 11.7 Å². The molecule has 4 aliphatic rings. The first-order valence-corrected chi connectivity index (χ1v) is 15.0. The fourth-order valence-electron chi connectivity index (χ4n) is 7.84. The minimum absolute atomic E-state index is 0.00730. The van der Waals surface area contributed by atoms with Crippen LogP contribution in [0, 0.1) is 10.8 Å². The van der Waals surface area contributed by atoms with Crippen LogP contribution in [0.3, 0.4) is 0 Å². The second-order valence-electron chi connectivity index (χ2n) is 11.9. The first-order valence-electron chi connectivity index (χ1n) is 13.8. The van der Waals surface area contributed by atoms with Crippen LogP contribution in [0.4, 0.5) is 18.0 Å². The average Bonchev–Trinajstić information content (AvgIpc) is 3.12. The number of halogens is 4. The Morgan fingerprint density at radius 1 is 1.12 bits per heavy atom. The molecule has 11 heteroatoms. The Morgan fingerprint density at radius 2 is 1.90 bits per heavy atom. The van der Waals surface area contributed by atoms with Gasteiger partial charge in [-0.1, -0.05) is 30.7 Å². The number of amides is 2. The monoisotopic (exact) mass is 600 g/mol. The molecule has 0 bridgehead atoms. The van der Waals surface area contributed by atoms with Crippen LogP contribution in [0.25, 0.3) is 17.0 Å². The smallest absolute Gasteiger partial charge is 0.299 e. The summed E-state index contributed by atoms with van der Waals surface area (Å²) in [5.41, 5.74) is 0.808. The highest BCUT2D eigenvalue weighted by Crippen LogP contribution is 2.74. The van der Waals surface area contributed by atoms with Crippen molar-refractivity contribution in [3.05, 3.63) is 69.2 Å². The van der Waals surface area contributed by atoms with E-state index in [9.17, 15) is 22.8 Å². The highest BCUT2D eigenvalue weighted by atomic mass is 35.5. The lowest BCUT2D eigenvalue weighted by molar-refractivity contribution is -0.138. The Morgan fingerprint density at radius 3 is 2.68 bits per heavy atom. The first-order chi connectivity index (χ1) is 19.5. The molecule has 1 saturated carbocycles. The van der Waals surface area contributed by atoms with E-state index in [1.165, 1.54) is 28.1 Å². The van der Waals surface area contributed by atoms with E-state index in [0.29, 0.717) is 23.0 Å². The summed E-state index contributed by atoms with van der Waals surface area (Å²) in [4.78, 5) is 30.9. The maximum atomic E-state index is 13.6. The zero-order valence-corrected chi connectivity index (χ0v) is 24.0. The standard InChI is InChI=1S/C30H28ClF3N4O2S/c1-28-8-2-10-36-11-3-9-29(28,26(28)36)17-37-25(39)24(41-27(37)40)13-18-4-7-23-20(12-18)15-35-38(23)16-19-5-6-21(31)14-22(19)30(32,33)34/h4-7,12-15,26H,2-3,8-11,16-17H2,1H3. The number of carbonyl (C=O) groups excluding carboxylic acids is 2. The molecule has 214 valence electrons. The maximum Gasteiger partial charge on any atom is 0.416 e. The third-order valence-electron chi connectivity index (χ3n) is 9.73. The van der Waals surface area contributed by atoms with Crippen LogP contribution in [0.5, 0.6) is 0 Å². The van der Waals surface area contributed by atoms with Gasteiger partial charge in [-0.3, -0.25) is 24.1 Å². The van der Waals surface area contributed by atoms with Crippen molar-refractivity contribution in [3.63, 3.8) is 0 Å². The van der Waals surface area contributed by atoms with Crippen LogP contribution in [0.2, 0.25) is 5.02 Å². The van der Waals surface area contributed by atoms with E-state index in [1.807, 2.05) is 6.07 Å². The van der Waals surface area contributed by atoms with Gasteiger partial charge in [-0.2, -0.15) is 18.3 Å². The highest BCUT2D eigenvalue weighted by molar-refractivity contribution is 8.18. The Hall–Kier alpha value is -2.82. The zero-order valence-electron chi connectivity index (χ0n) is 22.4. The van der Waals surface area contributed by atoms with Crippen molar-refractivity contribution in [1.82, 2.24) is 19.6 Å². The summed E-state index contributed by atoms with van der Waals surface area (Å²) in [7, 11) is 0. The molecule has 3 unspecified atom stereocenters. The van der Waals surface area contributed by atoms with Crippen molar-refractivity contribution in [2.24, 2.45) is 10.8 Å². The quantitative estimate of drug-likeness (QED) is 0.294. The number of nitrogens with zero attached hydrogens (tertiary/aromatic N) is 4. The van der Waals surface area contributed by atoms with Crippen molar-refractivity contribution in [2.75, 3.05) is 19.6 Å². The molecule has 3 saturated heterocycles. The molecule has 3 aliphatic heterocycles. The van der Waals surface area contributed by atoms with Gasteiger partial charge in [-0.15, -0.1) is 0 Å². The van der Waals surface area contributed by atoms with Crippen molar-refractivity contribution >= 4 is 51.5 Å². The Bertz CT molecular complexity index is 1640. The SMILES string of the molecule is CC12CCCN3CCCC1(CN1C(=O)SC(=Cc4ccc5c(cnn5Cc5ccc(Cl)cc5C(F)(F)F)c4)C1=O)C32. The van der Waals surface area contributed by atoms with Crippen molar-refractivity contribution in [1.29, 1.82) is 0 Å². The summed E-state index contributed by atoms with van der Waals surface area (Å²) in [5.74, 6) is -0.253. The number of piperidine rings is 2. The fourth-order valence-corrected chi connectivity index (χ4v) is 8.85. The largest absolute Gasteiger partial charge is 0.416 e. The van der Waals surface area contributed by atoms with E-state index in [0.717, 1.165) is 61.1 Å². The molecule has 2 aromatic carbocycles. The van der Waals surface area contributed by atoms with E-state index in [-0.39, 0.29) is 39.1 Å². The molecule has 4 fully saturated rings. The predicted molar refractivity (Wildman–Crippen MR) is 152 cm³/mol. The summed E-state index contributed by atoms with van der Waals surface area (Å²) >= 11 is 6.79. The molecule has 7 rings (SSSR count). The lowest BCUT2D eigenvalue weighted by atomic mass is 9.86. The third-order valence-corrected chi connectivity index (χ3v) is 10.9. The van der Waals surface area contributed by atoms with E-state index >= 15 is 0 Å². The van der Waals surface area contributed by atoms with E-state index in [1.54, 1.807) is 24.4 Å². The highest BCUT2D eigenvalue weighted by Gasteiger charge is 2.77. The van der Waals surface area contributed by atoms with Gasteiger partial charge >= 0.3 is 6.18 Å². The summed E-state index contributed by atoms with van der Waals surface area (Å²) in [6.45, 7) is 4.93. The minimum Gasteiger partial charge on any atom is -0.299 e. The first kappa shape index (κ1) is 27.0. The molecule has 2 amide bonds. The number of aromatic nitrogens is 2. The lowest BCUT2D eigenvalue weighted by Crippen LogP contribution is -2.42. The Labute approximate surface area is 244 Å². The number of hydrogen-bond acceptors (Lipinski definition) is 5. The van der Waals surface area contributed by atoms with Gasteiger partial charge in [0.05, 0.1) is 28.7 Å². The van der Waals surface area contributed by atoms with Gasteiger partial charge in [0.25, 0.3) is 11.1 Å². The molecule has 4 heterocycles. The Balaban J connectivity index is 1.11. The second-order valence-corrected chi connectivity index (χ2v) is 13.3. The molecule has 3 atom stereocenters. The zero-order chi connectivity index (χ0) is 28.7. The van der Waals surface area contributed by atoms with Crippen LogP contribution in [0.1, 0.15) is 49.3 Å². The molecule has 6 nitrogen and oxygen atoms in total. The molecular formula is C30H28ClF3N4O2S. The van der Waals surface area contributed by atoms with Gasteiger partial charge in [0.15, 0.2) is 0 Å². The van der Waals surface area contributed by atoms with Crippen LogP contribution < -0.4 is 0 Å². The number of rotatable bonds is 5. The van der Waals surface area contributed by atoms with Crippen molar-refractivity contribution in [2.45, 2.75) is 51.4 Å². The second kappa shape index (κ2) is 9.34. The summed E-state index contributed by atoms with van der Waals surface area (Å²) in [6.07, 6.45) is 3.22. The minimum atomic E-state index is -4.54. The van der Waals surface area contributed by atoms with Crippen LogP contribution in [-0.2, 0) is 17.5 Å². The number of alkyl halides is 3. The number of carbonyl (C=O) groups is 2. The van der Waals surface area contributed by atoms with Gasteiger partial charge in [-0.25, -0.2) is 0 Å². The van der Waals surface area contributed by atoms with Crippen LogP contribution >= 0.6 is 23.4 Å². The molecule has 0 spiro atoms. The Kier molecular flexibility index (Phi) is 6.16. The van der Waals surface area contributed by atoms with E-state index in [2.05, 4.69) is 16.9 Å². The van der Waals surface area contributed by atoms with Gasteiger partial charge < -0.3 is 0 Å². The van der Waals surface area contributed by atoms with Gasteiger partial charge in [0.2, 0.25) is 0 Å². The predicted octanol–water partition coefficient (Wildman–Crippen LogP) is 7.06. The maximum absolute atomic E-state index is 13.6. The number of hydrogen-bond donors (Lipinski definition) is 0. The van der Waals surface area contributed by atoms with Gasteiger partial charge in [0.1, 0.15) is 0 Å². The molecule has 41 heavy (non-hydrogen) atoms. The molecule has 1 aliphatic carbocycles. The van der Waals surface area contributed by atoms with Gasteiger partial charge in [-0.05, 0) is 97.4 Å². The fraction of sp³-hybridized carbons (Fsp3) is 0.433. The third kappa shape index (κ3) is 4.24. The summed E-state index contributed by atoms with van der Waals surface area (Å²) in [5, 5.41) is 4.83. The van der Waals surface area contributed by atoms with Crippen LogP contribution in [-0.4, -0.2) is 56.4 Å². The molecule has 1 aromatic heterocycles. The molecule has 0 radical (unpaired) electrons. The van der Waals surface area contributed by atoms with Crippen molar-refractivity contribution in [3.8, 4) is 0 Å². The summed E-state index contributed by atoms with van der Waals surface area (Å²) < 4.78 is 42.3. The number of benzene rings is 2. The molecular weight excluding hydrogens is 573 g/mol. The average molecular weight is 601 g/mol. The lowest BCUT2D eigenvalue weighted by Gasteiger charge is -2.33. The summed E-state index contributed by atoms with van der Waals surface area (Å²) in [6, 6.07) is 9.56. The normalized spacial score (nSPS) is 29.0. The van der Waals surface area contributed by atoms with Gasteiger partial charge in [0, 0.05) is 28.4 Å². The molecule has 0 N–H and O–H groups in total. The number of fused-ring (bicyclic) bond motifs is 2. The van der Waals surface area contributed by atoms with Crippen LogP contribution in [0.15, 0.2) is 47.5 Å². The topological polar surface area (TPSA) is 58.4 Å². The van der Waals surface area contributed by atoms with Crippen molar-refractivity contribution < 1.29 is 22.8 Å². The van der Waals surface area contributed by atoms with E-state index in [4.69, 9.17) is 11.6 Å². The number of thioether (sulfide) groups is 1. The number of imide groups is 1.